The van der Waals surface area contributed by atoms with E-state index in [0.29, 0.717) is 15.6 Å². The van der Waals surface area contributed by atoms with Crippen LogP contribution in [-0.4, -0.2) is 47.2 Å². The number of hydrogen-bond donors (Lipinski definition) is 1. The topological polar surface area (TPSA) is 77.9 Å². The van der Waals surface area contributed by atoms with Crippen molar-refractivity contribution in [3.8, 4) is 0 Å². The van der Waals surface area contributed by atoms with Gasteiger partial charge < -0.3 is 9.67 Å². The number of benzene rings is 1. The van der Waals surface area contributed by atoms with Crippen LogP contribution >= 0.6 is 0 Å². The molecule has 13 heteroatoms. The van der Waals surface area contributed by atoms with E-state index < -0.39 is 37.1 Å². The first kappa shape index (κ1) is 23.8. The van der Waals surface area contributed by atoms with Crippen LogP contribution in [-0.2, 0) is 19.6 Å². The standard InChI is InChI=1S/C21H19F6N5O2/c22-20(23,24)12-32-15-7-8-28-10-16(15)31(19(32)34)11-18-29-13-4-1-2-5-14(13)30(18)9-3-6-17(33)21(25,26)27/h1-2,4-5,7-8,10,17,33H,3,6,9,11-12H2. The Kier molecular flexibility index (Phi) is 6.14. The fourth-order valence-corrected chi connectivity index (χ4v) is 3.90. The van der Waals surface area contributed by atoms with Gasteiger partial charge in [-0.3, -0.25) is 14.1 Å². The summed E-state index contributed by atoms with van der Waals surface area (Å²) in [5.74, 6) is 0.278. The molecular formula is C21H19F6N5O2. The molecule has 1 aromatic carbocycles. The molecule has 1 unspecified atom stereocenters. The lowest BCUT2D eigenvalue weighted by molar-refractivity contribution is -0.205. The SMILES string of the molecule is O=c1n(Cc2nc3ccccc3n2CCCC(O)C(F)(F)F)c2cnccc2n1CC(F)(F)F. The lowest BCUT2D eigenvalue weighted by Crippen LogP contribution is -2.30. The van der Waals surface area contributed by atoms with Gasteiger partial charge in [0, 0.05) is 12.7 Å². The Morgan fingerprint density at radius 1 is 0.941 bits per heavy atom. The first-order valence-electron chi connectivity index (χ1n) is 10.2. The third-order valence-corrected chi connectivity index (χ3v) is 5.43. The number of nitrogens with zero attached hydrogens (tertiary/aromatic N) is 5. The third-order valence-electron chi connectivity index (χ3n) is 5.43. The molecule has 3 aromatic heterocycles. The maximum atomic E-state index is 13.1. The van der Waals surface area contributed by atoms with Gasteiger partial charge in [0.05, 0.1) is 34.8 Å². The van der Waals surface area contributed by atoms with Crippen molar-refractivity contribution in [2.24, 2.45) is 0 Å². The average molecular weight is 487 g/mol. The number of para-hydroxylation sites is 2. The van der Waals surface area contributed by atoms with Gasteiger partial charge in [0.2, 0.25) is 0 Å². The second-order valence-corrected chi connectivity index (χ2v) is 7.80. The van der Waals surface area contributed by atoms with Crippen LogP contribution in [0.1, 0.15) is 18.7 Å². The van der Waals surface area contributed by atoms with Crippen LogP contribution in [0.15, 0.2) is 47.5 Å². The number of aliphatic hydroxyl groups excluding tert-OH is 1. The molecule has 182 valence electrons. The number of aliphatic hydroxyl groups is 1. The van der Waals surface area contributed by atoms with Gasteiger partial charge in [-0.25, -0.2) is 9.78 Å². The van der Waals surface area contributed by atoms with Crippen molar-refractivity contribution < 1.29 is 31.4 Å². The number of rotatable bonds is 7. The van der Waals surface area contributed by atoms with Crippen molar-refractivity contribution >= 4 is 22.1 Å². The maximum Gasteiger partial charge on any atom is 0.414 e. The zero-order chi connectivity index (χ0) is 24.7. The van der Waals surface area contributed by atoms with Gasteiger partial charge >= 0.3 is 18.0 Å². The number of aromatic nitrogens is 5. The summed E-state index contributed by atoms with van der Waals surface area (Å²) in [5.41, 5.74) is 0.408. The summed E-state index contributed by atoms with van der Waals surface area (Å²) in [7, 11) is 0. The van der Waals surface area contributed by atoms with E-state index in [4.69, 9.17) is 0 Å². The molecule has 0 fully saturated rings. The van der Waals surface area contributed by atoms with Crippen molar-refractivity contribution in [3.63, 3.8) is 0 Å². The summed E-state index contributed by atoms with van der Waals surface area (Å²) in [6.07, 6.45) is -9.86. The van der Waals surface area contributed by atoms with Crippen LogP contribution in [0.4, 0.5) is 26.3 Å². The van der Waals surface area contributed by atoms with Crippen LogP contribution in [0.5, 0.6) is 0 Å². The predicted molar refractivity (Wildman–Crippen MR) is 110 cm³/mol. The molecule has 0 aliphatic carbocycles. The van der Waals surface area contributed by atoms with Crippen LogP contribution < -0.4 is 5.69 Å². The first-order valence-corrected chi connectivity index (χ1v) is 10.2. The summed E-state index contributed by atoms with van der Waals surface area (Å²) in [6.45, 7) is -1.65. The quantitative estimate of drug-likeness (QED) is 0.402. The second-order valence-electron chi connectivity index (χ2n) is 7.80. The van der Waals surface area contributed by atoms with Gasteiger partial charge in [-0.05, 0) is 31.0 Å². The van der Waals surface area contributed by atoms with Crippen LogP contribution in [0.25, 0.3) is 22.1 Å². The van der Waals surface area contributed by atoms with Crippen molar-refractivity contribution in [1.29, 1.82) is 0 Å². The van der Waals surface area contributed by atoms with E-state index in [2.05, 4.69) is 9.97 Å². The normalized spacial score (nSPS) is 13.7. The molecule has 7 nitrogen and oxygen atoms in total. The number of imidazole rings is 2. The van der Waals surface area contributed by atoms with E-state index in [9.17, 15) is 36.2 Å². The minimum absolute atomic E-state index is 0.0414. The van der Waals surface area contributed by atoms with Gasteiger partial charge in [0.25, 0.3) is 0 Å². The lowest BCUT2D eigenvalue weighted by Gasteiger charge is -2.15. The summed E-state index contributed by atoms with van der Waals surface area (Å²) in [5, 5.41) is 9.29. The van der Waals surface area contributed by atoms with Crippen LogP contribution in [0.3, 0.4) is 0 Å². The zero-order valence-corrected chi connectivity index (χ0v) is 17.5. The van der Waals surface area contributed by atoms with E-state index in [1.165, 1.54) is 18.5 Å². The second kappa shape index (κ2) is 8.78. The molecule has 3 heterocycles. The Morgan fingerprint density at radius 2 is 1.68 bits per heavy atom. The van der Waals surface area contributed by atoms with Crippen LogP contribution in [0.2, 0.25) is 0 Å². The lowest BCUT2D eigenvalue weighted by atomic mass is 10.2. The van der Waals surface area contributed by atoms with E-state index in [0.717, 1.165) is 4.57 Å². The Morgan fingerprint density at radius 3 is 2.38 bits per heavy atom. The Bertz CT molecular complexity index is 1370. The van der Waals surface area contributed by atoms with E-state index in [1.54, 1.807) is 28.8 Å². The summed E-state index contributed by atoms with van der Waals surface area (Å²) in [6, 6.07) is 8.10. The third kappa shape index (κ3) is 4.79. The van der Waals surface area contributed by atoms with Gasteiger partial charge in [0.1, 0.15) is 18.5 Å². The number of aryl methyl sites for hydroxylation is 1. The van der Waals surface area contributed by atoms with Crippen molar-refractivity contribution in [2.75, 3.05) is 0 Å². The van der Waals surface area contributed by atoms with Gasteiger partial charge in [-0.15, -0.1) is 0 Å². The molecule has 0 aliphatic heterocycles. The molecular weight excluding hydrogens is 468 g/mol. The van der Waals surface area contributed by atoms with Gasteiger partial charge in [0.15, 0.2) is 0 Å². The molecule has 0 saturated heterocycles. The number of hydrogen-bond acceptors (Lipinski definition) is 4. The number of halogens is 6. The first-order chi connectivity index (χ1) is 16.0. The maximum absolute atomic E-state index is 13.1. The predicted octanol–water partition coefficient (Wildman–Crippen LogP) is 3.86. The largest absolute Gasteiger partial charge is 0.414 e. The fourth-order valence-electron chi connectivity index (χ4n) is 3.90. The number of fused-ring (bicyclic) bond motifs is 2. The monoisotopic (exact) mass is 487 g/mol. The van der Waals surface area contributed by atoms with Gasteiger partial charge in [-0.2, -0.15) is 26.3 Å². The minimum Gasteiger partial charge on any atom is -0.384 e. The molecule has 0 bridgehead atoms. The van der Waals surface area contributed by atoms with Gasteiger partial charge in [-0.1, -0.05) is 12.1 Å². The molecule has 0 saturated carbocycles. The Hall–Kier alpha value is -3.35. The number of alkyl halides is 6. The Labute approximate surface area is 187 Å². The fraction of sp³-hybridized carbons (Fsp3) is 0.381. The zero-order valence-electron chi connectivity index (χ0n) is 17.5. The van der Waals surface area contributed by atoms with E-state index in [1.807, 2.05) is 0 Å². The van der Waals surface area contributed by atoms with E-state index >= 15 is 0 Å². The number of pyridine rings is 1. The minimum atomic E-state index is -4.74. The average Bonchev–Trinajstić information content (AvgIpc) is 3.23. The molecule has 0 aliphatic rings. The molecule has 0 radical (unpaired) electrons. The summed E-state index contributed by atoms with van der Waals surface area (Å²) >= 11 is 0. The molecule has 4 rings (SSSR count). The van der Waals surface area contributed by atoms with E-state index in [-0.39, 0.29) is 36.4 Å². The molecule has 0 spiro atoms. The molecule has 34 heavy (non-hydrogen) atoms. The van der Waals surface area contributed by atoms with Crippen molar-refractivity contribution in [2.45, 2.75) is 50.9 Å². The molecule has 0 amide bonds. The highest BCUT2D eigenvalue weighted by Crippen LogP contribution is 2.25. The molecule has 1 N–H and O–H groups in total. The van der Waals surface area contributed by atoms with Crippen molar-refractivity contribution in [1.82, 2.24) is 23.7 Å². The highest BCUT2D eigenvalue weighted by molar-refractivity contribution is 5.77. The molecule has 1 atom stereocenters. The van der Waals surface area contributed by atoms with Crippen molar-refractivity contribution in [3.05, 3.63) is 59.0 Å². The summed E-state index contributed by atoms with van der Waals surface area (Å²) < 4.78 is 80.5. The molecule has 4 aromatic rings. The summed E-state index contributed by atoms with van der Waals surface area (Å²) in [4.78, 5) is 21.3. The Balaban J connectivity index is 1.72. The smallest absolute Gasteiger partial charge is 0.384 e. The van der Waals surface area contributed by atoms with Crippen LogP contribution in [0, 0.1) is 0 Å². The highest BCUT2D eigenvalue weighted by atomic mass is 19.4. The highest BCUT2D eigenvalue weighted by Gasteiger charge is 2.37.